The van der Waals surface area contributed by atoms with E-state index >= 15 is 0 Å². The van der Waals surface area contributed by atoms with Crippen LogP contribution in [0.25, 0.3) is 0 Å². The molecule has 3 rings (SSSR count). The van der Waals surface area contributed by atoms with Crippen molar-refractivity contribution in [3.05, 3.63) is 58.9 Å². The van der Waals surface area contributed by atoms with Crippen molar-refractivity contribution in [1.29, 1.82) is 0 Å². The molecule has 1 saturated heterocycles. The topological polar surface area (TPSA) is 108 Å². The molecule has 2 aromatic rings. The minimum atomic E-state index is -1.53. The molecular weight excluding hydrogens is 415 g/mol. The molecule has 3 N–H and O–H groups in total. The molecule has 0 bridgehead atoms. The molecule has 1 aliphatic rings. The van der Waals surface area contributed by atoms with Gasteiger partial charge in [-0.1, -0.05) is 23.7 Å². The predicted molar refractivity (Wildman–Crippen MR) is 108 cm³/mol. The molecule has 1 fully saturated rings. The average molecular weight is 433 g/mol. The molecule has 0 saturated carbocycles. The maximum Gasteiger partial charge on any atom is 0.325 e. The lowest BCUT2D eigenvalue weighted by Gasteiger charge is -2.23. The van der Waals surface area contributed by atoms with Gasteiger partial charge in [-0.3, -0.25) is 19.3 Å². The number of urea groups is 1. The van der Waals surface area contributed by atoms with Crippen molar-refractivity contribution in [3.63, 3.8) is 0 Å². The van der Waals surface area contributed by atoms with Gasteiger partial charge in [0.1, 0.15) is 17.9 Å². The largest absolute Gasteiger partial charge is 0.326 e. The fourth-order valence-corrected chi connectivity index (χ4v) is 3.50. The van der Waals surface area contributed by atoms with Crippen LogP contribution in [0, 0.1) is 5.82 Å². The molecule has 156 valence electrons. The quantitative estimate of drug-likeness (QED) is 0.631. The average Bonchev–Trinajstić information content (AvgIpc) is 2.85. The molecule has 2 aromatic carbocycles. The lowest BCUT2D eigenvalue weighted by atomic mass is 9.92. The zero-order valence-electron chi connectivity index (χ0n) is 16.1. The van der Waals surface area contributed by atoms with Crippen molar-refractivity contribution in [1.82, 2.24) is 10.2 Å². The molecule has 0 radical (unpaired) electrons. The Morgan fingerprint density at radius 1 is 1.13 bits per heavy atom. The molecule has 0 aromatic heterocycles. The lowest BCUT2D eigenvalue weighted by Crippen LogP contribution is -2.42. The van der Waals surface area contributed by atoms with Crippen LogP contribution < -0.4 is 16.0 Å². The molecule has 1 unspecified atom stereocenters. The maximum atomic E-state index is 13.3. The molecule has 1 heterocycles. The van der Waals surface area contributed by atoms with Crippen LogP contribution in [0.1, 0.15) is 19.4 Å². The van der Waals surface area contributed by atoms with E-state index in [0.717, 1.165) is 17.0 Å². The van der Waals surface area contributed by atoms with Crippen molar-refractivity contribution in [3.8, 4) is 0 Å². The number of halogens is 2. The van der Waals surface area contributed by atoms with Crippen molar-refractivity contribution < 1.29 is 23.6 Å². The van der Waals surface area contributed by atoms with E-state index in [1.54, 1.807) is 18.2 Å². The summed E-state index contributed by atoms with van der Waals surface area (Å²) in [7, 11) is 0. The van der Waals surface area contributed by atoms with E-state index in [2.05, 4.69) is 16.0 Å². The highest BCUT2D eigenvalue weighted by molar-refractivity contribution is 6.32. The van der Waals surface area contributed by atoms with Gasteiger partial charge in [-0.15, -0.1) is 0 Å². The Morgan fingerprint density at radius 3 is 2.43 bits per heavy atom. The van der Waals surface area contributed by atoms with Gasteiger partial charge < -0.3 is 16.0 Å². The van der Waals surface area contributed by atoms with E-state index in [4.69, 9.17) is 11.6 Å². The molecule has 0 aliphatic carbocycles. The van der Waals surface area contributed by atoms with Gasteiger partial charge in [0.05, 0.1) is 0 Å². The summed E-state index contributed by atoms with van der Waals surface area (Å²) in [6.07, 6.45) is 0. The minimum absolute atomic E-state index is 0.0211. The van der Waals surface area contributed by atoms with E-state index in [9.17, 15) is 23.6 Å². The van der Waals surface area contributed by atoms with Gasteiger partial charge in [0.25, 0.3) is 5.91 Å². The highest BCUT2D eigenvalue weighted by atomic mass is 35.5. The smallest absolute Gasteiger partial charge is 0.325 e. The van der Waals surface area contributed by atoms with Crippen molar-refractivity contribution in [2.24, 2.45) is 0 Å². The zero-order chi connectivity index (χ0) is 22.1. The highest BCUT2D eigenvalue weighted by Crippen LogP contribution is 2.33. The SMILES string of the molecule is CC(=O)Nc1cccc(NC(=O)CN2C(=O)NC(C)(c3ccc(F)cc3Cl)C2=O)c1. The second-order valence-electron chi connectivity index (χ2n) is 6.88. The second-order valence-corrected chi connectivity index (χ2v) is 7.29. The first-order chi connectivity index (χ1) is 14.1. The molecular formula is C20H18ClFN4O4. The second kappa shape index (κ2) is 8.11. The van der Waals surface area contributed by atoms with Crippen molar-refractivity contribution >= 4 is 46.7 Å². The summed E-state index contributed by atoms with van der Waals surface area (Å²) in [5.74, 6) is -2.16. The molecule has 0 spiro atoms. The summed E-state index contributed by atoms with van der Waals surface area (Å²) >= 11 is 6.05. The molecule has 30 heavy (non-hydrogen) atoms. The Labute approximate surface area is 176 Å². The van der Waals surface area contributed by atoms with Crippen LogP contribution in [0.4, 0.5) is 20.6 Å². The molecule has 5 amide bonds. The van der Waals surface area contributed by atoms with E-state index in [-0.39, 0.29) is 16.5 Å². The Balaban J connectivity index is 1.74. The third kappa shape index (κ3) is 4.25. The summed E-state index contributed by atoms with van der Waals surface area (Å²) in [6, 6.07) is 9.11. The summed E-state index contributed by atoms with van der Waals surface area (Å²) < 4.78 is 13.3. The Kier molecular flexibility index (Phi) is 5.75. The van der Waals surface area contributed by atoms with Crippen molar-refractivity contribution in [2.75, 3.05) is 17.2 Å². The number of carbonyl (C=O) groups is 4. The summed E-state index contributed by atoms with van der Waals surface area (Å²) in [6.45, 7) is 2.25. The summed E-state index contributed by atoms with van der Waals surface area (Å²) in [5.41, 5.74) is -0.459. The number of nitrogens with zero attached hydrogens (tertiary/aromatic N) is 1. The van der Waals surface area contributed by atoms with E-state index < -0.39 is 35.7 Å². The normalized spacial score (nSPS) is 18.2. The van der Waals surface area contributed by atoms with Crippen LogP contribution in [-0.2, 0) is 19.9 Å². The number of hydrogen-bond donors (Lipinski definition) is 3. The van der Waals surface area contributed by atoms with Crippen LogP contribution in [0.5, 0.6) is 0 Å². The molecule has 8 nitrogen and oxygen atoms in total. The monoisotopic (exact) mass is 432 g/mol. The van der Waals surface area contributed by atoms with Gasteiger partial charge in [-0.2, -0.15) is 0 Å². The van der Waals surface area contributed by atoms with Gasteiger partial charge in [-0.25, -0.2) is 9.18 Å². The molecule has 10 heteroatoms. The standard InChI is InChI=1S/C20H18ClFN4O4/c1-11(27)23-13-4-3-5-14(9-13)24-17(28)10-26-18(29)20(2,25-19(26)30)15-7-6-12(22)8-16(15)21/h3-9H,10H2,1-2H3,(H,23,27)(H,24,28)(H,25,30). The number of benzene rings is 2. The van der Waals surface area contributed by atoms with Crippen LogP contribution in [0.2, 0.25) is 5.02 Å². The van der Waals surface area contributed by atoms with Crippen LogP contribution in [-0.4, -0.2) is 35.2 Å². The number of carbonyl (C=O) groups excluding carboxylic acids is 4. The Bertz CT molecular complexity index is 1060. The fourth-order valence-electron chi connectivity index (χ4n) is 3.14. The number of hydrogen-bond acceptors (Lipinski definition) is 4. The van der Waals surface area contributed by atoms with Gasteiger partial charge in [0, 0.05) is 28.9 Å². The summed E-state index contributed by atoms with van der Waals surface area (Å²) in [5, 5.41) is 7.64. The molecule has 1 aliphatic heterocycles. The first kappa shape index (κ1) is 21.3. The zero-order valence-corrected chi connectivity index (χ0v) is 16.8. The first-order valence-electron chi connectivity index (χ1n) is 8.87. The number of imide groups is 1. The van der Waals surface area contributed by atoms with E-state index in [0.29, 0.717) is 11.4 Å². The Hall–Kier alpha value is -3.46. The Morgan fingerprint density at radius 2 is 1.80 bits per heavy atom. The van der Waals surface area contributed by atoms with Gasteiger partial charge >= 0.3 is 6.03 Å². The number of amides is 5. The van der Waals surface area contributed by atoms with Gasteiger partial charge in [-0.05, 0) is 37.3 Å². The third-order valence-electron chi connectivity index (χ3n) is 4.51. The van der Waals surface area contributed by atoms with Crippen molar-refractivity contribution in [2.45, 2.75) is 19.4 Å². The lowest BCUT2D eigenvalue weighted by molar-refractivity contribution is -0.133. The molecule has 1 atom stereocenters. The minimum Gasteiger partial charge on any atom is -0.326 e. The third-order valence-corrected chi connectivity index (χ3v) is 4.83. The highest BCUT2D eigenvalue weighted by Gasteiger charge is 2.50. The van der Waals surface area contributed by atoms with Crippen LogP contribution in [0.15, 0.2) is 42.5 Å². The van der Waals surface area contributed by atoms with Crippen LogP contribution >= 0.6 is 11.6 Å². The van der Waals surface area contributed by atoms with E-state index in [1.165, 1.54) is 26.0 Å². The first-order valence-corrected chi connectivity index (χ1v) is 9.25. The fraction of sp³-hybridized carbons (Fsp3) is 0.200. The number of anilines is 2. The maximum absolute atomic E-state index is 13.3. The number of nitrogens with one attached hydrogen (secondary N) is 3. The van der Waals surface area contributed by atoms with E-state index in [1.807, 2.05) is 0 Å². The predicted octanol–water partition coefficient (Wildman–Crippen LogP) is 2.84. The van der Waals surface area contributed by atoms with Gasteiger partial charge in [0.15, 0.2) is 0 Å². The van der Waals surface area contributed by atoms with Gasteiger partial charge in [0.2, 0.25) is 11.8 Å². The number of rotatable bonds is 5. The summed E-state index contributed by atoms with van der Waals surface area (Å²) in [4.78, 5) is 49.6. The van der Waals surface area contributed by atoms with Crippen LogP contribution in [0.3, 0.4) is 0 Å².